The number of benzene rings is 2. The summed E-state index contributed by atoms with van der Waals surface area (Å²) in [6.07, 6.45) is 0.629. The lowest BCUT2D eigenvalue weighted by Crippen LogP contribution is -2.25. The van der Waals surface area contributed by atoms with Gasteiger partial charge in [-0.2, -0.15) is 0 Å². The van der Waals surface area contributed by atoms with E-state index in [0.29, 0.717) is 40.5 Å². The highest BCUT2D eigenvalue weighted by Gasteiger charge is 2.37. The molecule has 2 aromatic carbocycles. The maximum Gasteiger partial charge on any atom is 0.342 e. The van der Waals surface area contributed by atoms with Crippen LogP contribution in [0.1, 0.15) is 22.8 Å². The molecule has 3 heterocycles. The predicted octanol–water partition coefficient (Wildman–Crippen LogP) is 4.10. The zero-order valence-corrected chi connectivity index (χ0v) is 17.7. The predicted molar refractivity (Wildman–Crippen MR) is 117 cm³/mol. The fraction of sp³-hybridized carbons (Fsp3) is 0.400. The first-order valence-corrected chi connectivity index (χ1v) is 11.0. The van der Waals surface area contributed by atoms with Crippen LogP contribution in [-0.2, 0) is 15.9 Å². The van der Waals surface area contributed by atoms with Gasteiger partial charge in [0.25, 0.3) is 0 Å². The Bertz CT molecular complexity index is 1080. The van der Waals surface area contributed by atoms with Crippen LogP contribution in [0.4, 0.5) is 0 Å². The maximum atomic E-state index is 13.0. The second-order valence-corrected chi connectivity index (χ2v) is 8.40. The molecule has 0 radical (unpaired) electrons. The molecule has 0 bridgehead atoms. The Labute approximate surface area is 181 Å². The van der Waals surface area contributed by atoms with Crippen LogP contribution in [0.15, 0.2) is 46.9 Å². The summed E-state index contributed by atoms with van der Waals surface area (Å²) in [5.74, 6) is 1.45. The number of phenols is 1. The minimum atomic E-state index is -0.431. The molecule has 5 rings (SSSR count). The molecule has 162 valence electrons. The van der Waals surface area contributed by atoms with E-state index in [9.17, 15) is 9.90 Å². The number of ether oxygens (including phenoxy) is 2. The van der Waals surface area contributed by atoms with E-state index in [2.05, 4.69) is 4.90 Å². The summed E-state index contributed by atoms with van der Waals surface area (Å²) in [6, 6.07) is 12.9. The summed E-state index contributed by atoms with van der Waals surface area (Å²) < 4.78 is 17.1. The fourth-order valence-electron chi connectivity index (χ4n) is 4.93. The van der Waals surface area contributed by atoms with Crippen LogP contribution in [0.2, 0.25) is 0 Å². The molecule has 0 aliphatic carbocycles. The molecule has 2 atom stereocenters. The van der Waals surface area contributed by atoms with Crippen LogP contribution in [0.3, 0.4) is 0 Å². The summed E-state index contributed by atoms with van der Waals surface area (Å²) >= 11 is 0. The Balaban J connectivity index is 1.53. The van der Waals surface area contributed by atoms with Crippen LogP contribution in [0.5, 0.6) is 5.75 Å². The highest BCUT2D eigenvalue weighted by atomic mass is 16.5. The number of carbonyl (C=O) groups is 1. The zero-order valence-electron chi connectivity index (χ0n) is 17.7. The molecule has 0 spiro atoms. The average Bonchev–Trinajstić information content (AvgIpc) is 3.47. The zero-order chi connectivity index (χ0) is 21.4. The standard InChI is InChI=1S/C25H27NO5/c1-2-30-25(28)23-22-19(10-11-26-12-17-14-29-15-18(17)13-26)20(27)8-9-21(22)31-24(23)16-6-4-3-5-7-16/h3-9,17-18,27H,2,10-15H2,1H3. The third kappa shape index (κ3) is 3.70. The van der Waals surface area contributed by atoms with Crippen LogP contribution in [0, 0.1) is 11.8 Å². The van der Waals surface area contributed by atoms with Gasteiger partial charge in [-0.15, -0.1) is 0 Å². The molecule has 2 unspecified atom stereocenters. The number of fused-ring (bicyclic) bond motifs is 2. The Hall–Kier alpha value is -2.83. The van der Waals surface area contributed by atoms with E-state index in [1.165, 1.54) is 0 Å². The van der Waals surface area contributed by atoms with E-state index in [1.54, 1.807) is 19.1 Å². The van der Waals surface area contributed by atoms with Crippen molar-refractivity contribution in [3.05, 3.63) is 53.6 Å². The van der Waals surface area contributed by atoms with E-state index in [4.69, 9.17) is 13.9 Å². The molecule has 1 aromatic heterocycles. The van der Waals surface area contributed by atoms with Crippen molar-refractivity contribution in [2.24, 2.45) is 11.8 Å². The highest BCUT2D eigenvalue weighted by molar-refractivity contribution is 6.10. The number of rotatable bonds is 6. The number of phenolic OH excluding ortho intramolecular Hbond substituents is 1. The lowest BCUT2D eigenvalue weighted by atomic mass is 9.99. The lowest BCUT2D eigenvalue weighted by Gasteiger charge is -2.17. The number of nitrogens with zero attached hydrogens (tertiary/aromatic N) is 1. The summed E-state index contributed by atoms with van der Waals surface area (Å²) in [7, 11) is 0. The monoisotopic (exact) mass is 421 g/mol. The second-order valence-electron chi connectivity index (χ2n) is 8.40. The molecule has 1 N–H and O–H groups in total. The minimum Gasteiger partial charge on any atom is -0.508 e. The van der Waals surface area contributed by atoms with Crippen molar-refractivity contribution in [1.82, 2.24) is 4.90 Å². The van der Waals surface area contributed by atoms with Gasteiger partial charge in [0.05, 0.1) is 19.8 Å². The number of aromatic hydroxyl groups is 1. The average molecular weight is 421 g/mol. The second kappa shape index (κ2) is 8.36. The van der Waals surface area contributed by atoms with Gasteiger partial charge in [0.1, 0.15) is 22.7 Å². The maximum absolute atomic E-state index is 13.0. The first kappa shape index (κ1) is 20.1. The Kier molecular flexibility index (Phi) is 5.42. The molecule has 2 fully saturated rings. The van der Waals surface area contributed by atoms with Crippen molar-refractivity contribution in [2.45, 2.75) is 13.3 Å². The SMILES string of the molecule is CCOC(=O)c1c(-c2ccccc2)oc2ccc(O)c(CCN3CC4COCC4C3)c12. The Morgan fingerprint density at radius 1 is 1.13 bits per heavy atom. The van der Waals surface area contributed by atoms with Crippen molar-refractivity contribution in [3.63, 3.8) is 0 Å². The van der Waals surface area contributed by atoms with Gasteiger partial charge in [-0.25, -0.2) is 4.79 Å². The first-order valence-electron chi connectivity index (χ1n) is 11.0. The molecule has 0 amide bonds. The van der Waals surface area contributed by atoms with Crippen molar-refractivity contribution in [2.75, 3.05) is 39.5 Å². The van der Waals surface area contributed by atoms with Gasteiger partial charge in [-0.1, -0.05) is 30.3 Å². The van der Waals surface area contributed by atoms with E-state index < -0.39 is 5.97 Å². The normalized spacial score (nSPS) is 20.9. The highest BCUT2D eigenvalue weighted by Crippen LogP contribution is 2.39. The number of hydrogen-bond acceptors (Lipinski definition) is 6. The molecular formula is C25H27NO5. The summed E-state index contributed by atoms with van der Waals surface area (Å²) in [6.45, 7) is 6.60. The molecule has 31 heavy (non-hydrogen) atoms. The number of carbonyl (C=O) groups excluding carboxylic acids is 1. The molecule has 2 aliphatic rings. The van der Waals surface area contributed by atoms with Gasteiger partial charge in [-0.05, 0) is 25.5 Å². The van der Waals surface area contributed by atoms with Crippen molar-refractivity contribution in [3.8, 4) is 17.1 Å². The van der Waals surface area contributed by atoms with E-state index in [1.807, 2.05) is 30.3 Å². The van der Waals surface area contributed by atoms with E-state index in [0.717, 1.165) is 44.0 Å². The van der Waals surface area contributed by atoms with Crippen LogP contribution < -0.4 is 0 Å². The van der Waals surface area contributed by atoms with Crippen LogP contribution in [0.25, 0.3) is 22.3 Å². The van der Waals surface area contributed by atoms with E-state index in [-0.39, 0.29) is 12.4 Å². The van der Waals surface area contributed by atoms with Gasteiger partial charge >= 0.3 is 5.97 Å². The molecule has 0 saturated carbocycles. The topological polar surface area (TPSA) is 72.1 Å². The quantitative estimate of drug-likeness (QED) is 0.604. The van der Waals surface area contributed by atoms with Crippen molar-refractivity contribution >= 4 is 16.9 Å². The molecular weight excluding hydrogens is 394 g/mol. The van der Waals surface area contributed by atoms with E-state index >= 15 is 0 Å². The van der Waals surface area contributed by atoms with Gasteiger partial charge in [0.15, 0.2) is 0 Å². The first-order chi connectivity index (χ1) is 15.2. The van der Waals surface area contributed by atoms with Crippen LogP contribution >= 0.6 is 0 Å². The summed E-state index contributed by atoms with van der Waals surface area (Å²) in [4.78, 5) is 15.4. The van der Waals surface area contributed by atoms with Gasteiger partial charge in [0, 0.05) is 48.0 Å². The van der Waals surface area contributed by atoms with Crippen molar-refractivity contribution in [1.29, 1.82) is 0 Å². The number of likely N-dealkylation sites (tertiary alicyclic amines) is 1. The minimum absolute atomic E-state index is 0.182. The number of esters is 1. The molecule has 2 aliphatic heterocycles. The van der Waals surface area contributed by atoms with Gasteiger partial charge < -0.3 is 23.9 Å². The summed E-state index contributed by atoms with van der Waals surface area (Å²) in [5.41, 5.74) is 2.52. The molecule has 2 saturated heterocycles. The molecule has 6 nitrogen and oxygen atoms in total. The molecule has 6 heteroatoms. The van der Waals surface area contributed by atoms with Gasteiger partial charge in [0.2, 0.25) is 0 Å². The molecule has 3 aromatic rings. The summed E-state index contributed by atoms with van der Waals surface area (Å²) in [5, 5.41) is 11.4. The Morgan fingerprint density at radius 3 is 2.58 bits per heavy atom. The van der Waals surface area contributed by atoms with Crippen LogP contribution in [-0.4, -0.2) is 55.4 Å². The third-order valence-electron chi connectivity index (χ3n) is 6.45. The number of furan rings is 1. The lowest BCUT2D eigenvalue weighted by molar-refractivity contribution is 0.0528. The third-order valence-corrected chi connectivity index (χ3v) is 6.45. The Morgan fingerprint density at radius 2 is 1.87 bits per heavy atom. The fourth-order valence-corrected chi connectivity index (χ4v) is 4.93. The van der Waals surface area contributed by atoms with Crippen molar-refractivity contribution < 1.29 is 23.8 Å². The van der Waals surface area contributed by atoms with Gasteiger partial charge in [-0.3, -0.25) is 0 Å². The number of hydrogen-bond donors (Lipinski definition) is 1. The smallest absolute Gasteiger partial charge is 0.342 e. The largest absolute Gasteiger partial charge is 0.508 e.